The molecule has 0 rings (SSSR count). The summed E-state index contributed by atoms with van der Waals surface area (Å²) in [6.45, 7) is 4.44. The summed E-state index contributed by atoms with van der Waals surface area (Å²) in [7, 11) is 1.49. The van der Waals surface area contributed by atoms with Gasteiger partial charge in [0.1, 0.15) is 19.8 Å². The van der Waals surface area contributed by atoms with Crippen molar-refractivity contribution in [2.24, 2.45) is 0 Å². The van der Waals surface area contributed by atoms with Gasteiger partial charge < -0.3 is 18.9 Å². The second-order valence-corrected chi connectivity index (χ2v) is 20.7. The second-order valence-electron chi connectivity index (χ2n) is 19.3. The Kier molecular flexibility index (Phi) is 44.0. The molecule has 0 heterocycles. The summed E-state index contributed by atoms with van der Waals surface area (Å²) < 4.78 is 34.5. The zero-order valence-corrected chi connectivity index (χ0v) is 42.5. The normalized spacial score (nSPS) is 13.5. The lowest BCUT2D eigenvalue weighted by Crippen LogP contribution is -2.37. The molecule has 0 saturated heterocycles. The Hall–Kier alpha value is -1.25. The fraction of sp³-hybridized carbons (Fsp3) is 0.923. The van der Waals surface area contributed by atoms with Crippen molar-refractivity contribution in [2.45, 2.75) is 264 Å². The minimum absolute atomic E-state index is 0.0350. The van der Waals surface area contributed by atoms with Crippen molar-refractivity contribution < 1.29 is 42.1 Å². The summed E-state index contributed by atoms with van der Waals surface area (Å²) in [5, 5.41) is 0. The molecule has 1 N–H and O–H groups in total. The van der Waals surface area contributed by atoms with E-state index in [1.54, 1.807) is 0 Å². The molecule has 0 aliphatic heterocycles. The van der Waals surface area contributed by atoms with Crippen molar-refractivity contribution in [3.05, 3.63) is 12.2 Å². The van der Waals surface area contributed by atoms with Crippen LogP contribution < -0.4 is 0 Å². The highest BCUT2D eigenvalue weighted by atomic mass is 31.2. The topological polar surface area (TPSA) is 108 Å². The maximum atomic E-state index is 12.8. The Balaban J connectivity index is 4.16. The Morgan fingerprint density at radius 3 is 1.24 bits per heavy atom. The van der Waals surface area contributed by atoms with Gasteiger partial charge in [0, 0.05) is 12.8 Å². The third-order valence-electron chi connectivity index (χ3n) is 11.8. The van der Waals surface area contributed by atoms with Crippen molar-refractivity contribution in [3.8, 4) is 0 Å². The number of ether oxygens (including phenoxy) is 2. The van der Waals surface area contributed by atoms with Crippen LogP contribution in [0.3, 0.4) is 0 Å². The number of likely N-dealkylation sites (N-methyl/N-ethyl adjacent to an activating group) is 1. The van der Waals surface area contributed by atoms with Crippen LogP contribution in [0.15, 0.2) is 12.2 Å². The predicted molar refractivity (Wildman–Crippen MR) is 261 cm³/mol. The number of carbonyl (C=O) groups is 2. The number of carbonyl (C=O) groups excluding carboxylic acids is 2. The quantitative estimate of drug-likeness (QED) is 0.0211. The second kappa shape index (κ2) is 44.9. The van der Waals surface area contributed by atoms with Crippen LogP contribution in [0.25, 0.3) is 0 Å². The van der Waals surface area contributed by atoms with E-state index in [4.69, 9.17) is 18.5 Å². The highest BCUT2D eigenvalue weighted by molar-refractivity contribution is 7.47. The van der Waals surface area contributed by atoms with Crippen molar-refractivity contribution in [1.29, 1.82) is 0 Å². The Morgan fingerprint density at radius 2 is 0.839 bits per heavy atom. The van der Waals surface area contributed by atoms with E-state index < -0.39 is 26.5 Å². The first-order valence-corrected chi connectivity index (χ1v) is 27.9. The summed E-state index contributed by atoms with van der Waals surface area (Å²) in [6, 6.07) is 0. The number of phosphoric acid groups is 1. The van der Waals surface area contributed by atoms with E-state index in [1.165, 1.54) is 193 Å². The number of phosphoric ester groups is 1. The van der Waals surface area contributed by atoms with Gasteiger partial charge in [0.25, 0.3) is 0 Å². The van der Waals surface area contributed by atoms with E-state index in [0.29, 0.717) is 17.4 Å². The molecular weight excluding hydrogens is 798 g/mol. The molecule has 1 unspecified atom stereocenters. The summed E-state index contributed by atoms with van der Waals surface area (Å²) in [5.41, 5.74) is 0. The van der Waals surface area contributed by atoms with Crippen LogP contribution in [-0.4, -0.2) is 74.9 Å². The smallest absolute Gasteiger partial charge is 0.462 e. The monoisotopic (exact) mass is 901 g/mol. The van der Waals surface area contributed by atoms with Gasteiger partial charge in [-0.3, -0.25) is 18.6 Å². The van der Waals surface area contributed by atoms with Crippen LogP contribution in [0, 0.1) is 0 Å². The van der Waals surface area contributed by atoms with Crippen LogP contribution in [0.4, 0.5) is 0 Å². The number of rotatable bonds is 49. The molecule has 9 nitrogen and oxygen atoms in total. The maximum Gasteiger partial charge on any atom is 0.472 e. The summed E-state index contributed by atoms with van der Waals surface area (Å²) in [5.74, 6) is -0.785. The first kappa shape index (κ1) is 60.8. The van der Waals surface area contributed by atoms with Crippen LogP contribution in [0.2, 0.25) is 0 Å². The van der Waals surface area contributed by atoms with Gasteiger partial charge in [-0.2, -0.15) is 0 Å². The van der Waals surface area contributed by atoms with Crippen LogP contribution >= 0.6 is 7.82 Å². The Morgan fingerprint density at radius 1 is 0.484 bits per heavy atom. The van der Waals surface area contributed by atoms with Crippen LogP contribution in [0.5, 0.6) is 0 Å². The fourth-order valence-corrected chi connectivity index (χ4v) is 8.39. The molecule has 10 heteroatoms. The molecule has 0 bridgehead atoms. The largest absolute Gasteiger partial charge is 0.472 e. The average Bonchev–Trinajstić information content (AvgIpc) is 3.23. The number of unbranched alkanes of at least 4 members (excludes halogenated alkanes) is 33. The van der Waals surface area contributed by atoms with E-state index in [1.807, 2.05) is 21.1 Å². The maximum absolute atomic E-state index is 12.8. The molecule has 0 saturated carbocycles. The standard InChI is InChI=1S/C52H102NO8P/c1-6-8-10-12-14-16-18-20-22-23-24-25-26-27-28-29-31-33-35-37-39-41-43-45-52(55)61-50(49-60-62(56,57)59-47-46-53(3,4)5)48-58-51(54)44-42-40-38-36-34-32-30-21-19-17-15-13-11-9-7-2/h13,15,50H,6-12,14,16-49H2,1-5H3/p+1/b15-13+/t50-/m1/s1. The average molecular weight is 901 g/mol. The molecule has 0 fully saturated rings. The van der Waals surface area contributed by atoms with E-state index >= 15 is 0 Å². The Labute approximate surface area is 384 Å². The number of hydrogen-bond acceptors (Lipinski definition) is 7. The third-order valence-corrected chi connectivity index (χ3v) is 12.8. The van der Waals surface area contributed by atoms with Crippen molar-refractivity contribution in [2.75, 3.05) is 47.5 Å². The molecule has 0 aliphatic rings. The van der Waals surface area contributed by atoms with E-state index in [-0.39, 0.29) is 25.6 Å². The van der Waals surface area contributed by atoms with Gasteiger partial charge in [0.15, 0.2) is 6.10 Å². The van der Waals surface area contributed by atoms with Crippen molar-refractivity contribution >= 4 is 19.8 Å². The molecule has 0 aromatic carbocycles. The van der Waals surface area contributed by atoms with Crippen LogP contribution in [-0.2, 0) is 32.7 Å². The molecular formula is C52H103NO8P+. The minimum Gasteiger partial charge on any atom is -0.462 e. The molecule has 0 radical (unpaired) electrons. The first-order valence-electron chi connectivity index (χ1n) is 26.4. The molecule has 2 atom stereocenters. The van der Waals surface area contributed by atoms with Gasteiger partial charge >= 0.3 is 19.8 Å². The fourth-order valence-electron chi connectivity index (χ4n) is 7.65. The van der Waals surface area contributed by atoms with Crippen molar-refractivity contribution in [1.82, 2.24) is 0 Å². The van der Waals surface area contributed by atoms with Gasteiger partial charge in [0.05, 0.1) is 27.7 Å². The van der Waals surface area contributed by atoms with Crippen molar-refractivity contribution in [3.63, 3.8) is 0 Å². The molecule has 0 amide bonds. The van der Waals surface area contributed by atoms with Gasteiger partial charge in [0.2, 0.25) is 0 Å². The lowest BCUT2D eigenvalue weighted by atomic mass is 10.0. The predicted octanol–water partition coefficient (Wildman–Crippen LogP) is 15.7. The minimum atomic E-state index is -4.37. The number of allylic oxidation sites excluding steroid dienone is 2. The third kappa shape index (κ3) is 48.2. The number of hydrogen-bond donors (Lipinski definition) is 1. The van der Waals surface area contributed by atoms with Gasteiger partial charge in [-0.05, 0) is 32.1 Å². The molecule has 368 valence electrons. The van der Waals surface area contributed by atoms with Gasteiger partial charge in [-0.15, -0.1) is 0 Å². The Bertz CT molecular complexity index is 1060. The zero-order valence-electron chi connectivity index (χ0n) is 41.6. The molecule has 0 aliphatic carbocycles. The van der Waals surface area contributed by atoms with E-state index in [9.17, 15) is 19.0 Å². The lowest BCUT2D eigenvalue weighted by molar-refractivity contribution is -0.870. The van der Waals surface area contributed by atoms with Gasteiger partial charge in [-0.25, -0.2) is 4.57 Å². The van der Waals surface area contributed by atoms with Gasteiger partial charge in [-0.1, -0.05) is 225 Å². The molecule has 62 heavy (non-hydrogen) atoms. The summed E-state index contributed by atoms with van der Waals surface area (Å²) >= 11 is 0. The molecule has 0 spiro atoms. The van der Waals surface area contributed by atoms with E-state index in [0.717, 1.165) is 38.5 Å². The summed E-state index contributed by atoms with van der Waals surface area (Å²) in [6.07, 6.45) is 49.8. The number of nitrogens with zero attached hydrogens (tertiary/aromatic N) is 1. The highest BCUT2D eigenvalue weighted by Gasteiger charge is 2.27. The van der Waals surface area contributed by atoms with Crippen LogP contribution in [0.1, 0.15) is 258 Å². The number of esters is 2. The zero-order chi connectivity index (χ0) is 45.7. The molecule has 0 aromatic rings. The first-order chi connectivity index (χ1) is 30.0. The number of quaternary nitrogens is 1. The molecule has 0 aromatic heterocycles. The SMILES string of the molecule is CCCC/C=C/CCCCCCCCCCCC(=O)OC[C@H](COP(=O)(O)OCC[N+](C)(C)C)OC(=O)CCCCCCCCCCCCCCCCCCCCCCCCC. The highest BCUT2D eigenvalue weighted by Crippen LogP contribution is 2.43. The summed E-state index contributed by atoms with van der Waals surface area (Å²) in [4.78, 5) is 35.5. The van der Waals surface area contributed by atoms with E-state index in [2.05, 4.69) is 26.0 Å². The lowest BCUT2D eigenvalue weighted by Gasteiger charge is -2.24.